The van der Waals surface area contributed by atoms with Crippen LogP contribution in [0.4, 0.5) is 4.79 Å². The molecule has 34 heavy (non-hydrogen) atoms. The predicted octanol–water partition coefficient (Wildman–Crippen LogP) is 3.42. The van der Waals surface area contributed by atoms with Crippen molar-refractivity contribution in [2.24, 2.45) is 0 Å². The number of carbonyl (C=O) groups is 2. The topological polar surface area (TPSA) is 102 Å². The second-order valence-electron chi connectivity index (χ2n) is 8.24. The molecule has 1 saturated carbocycles. The van der Waals surface area contributed by atoms with Crippen molar-refractivity contribution in [3.8, 4) is 5.69 Å². The number of hydrogen-bond donors (Lipinski definition) is 1. The van der Waals surface area contributed by atoms with Crippen LogP contribution in [0.2, 0.25) is 0 Å². The fraction of sp³-hybridized carbons (Fsp3) is 0.292. The minimum absolute atomic E-state index is 0.0695. The van der Waals surface area contributed by atoms with Gasteiger partial charge in [0.25, 0.3) is 0 Å². The Kier molecular flexibility index (Phi) is 6.06. The zero-order chi connectivity index (χ0) is 23.7. The van der Waals surface area contributed by atoms with Gasteiger partial charge in [0.1, 0.15) is 0 Å². The Morgan fingerprint density at radius 2 is 1.88 bits per heavy atom. The number of nitrogens with one attached hydrogen (secondary N) is 1. The van der Waals surface area contributed by atoms with Crippen LogP contribution >= 0.6 is 11.8 Å². The number of esters is 1. The first-order valence-electron chi connectivity index (χ1n) is 11.0. The van der Waals surface area contributed by atoms with Crippen LogP contribution in [-0.2, 0) is 9.53 Å². The molecule has 2 amide bonds. The van der Waals surface area contributed by atoms with Gasteiger partial charge in [-0.1, -0.05) is 59.8 Å². The van der Waals surface area contributed by atoms with Gasteiger partial charge in [-0.3, -0.25) is 4.90 Å². The second-order valence-corrected chi connectivity index (χ2v) is 9.19. The maximum atomic E-state index is 13.2. The molecule has 0 bridgehead atoms. The Labute approximate surface area is 201 Å². The summed E-state index contributed by atoms with van der Waals surface area (Å²) in [7, 11) is 1.36. The van der Waals surface area contributed by atoms with Gasteiger partial charge in [0, 0.05) is 17.5 Å². The lowest BCUT2D eigenvalue weighted by molar-refractivity contribution is -0.136. The lowest BCUT2D eigenvalue weighted by Gasteiger charge is -2.36. The van der Waals surface area contributed by atoms with E-state index in [0.29, 0.717) is 22.2 Å². The van der Waals surface area contributed by atoms with Gasteiger partial charge >= 0.3 is 12.0 Å². The first-order chi connectivity index (χ1) is 16.6. The molecule has 1 unspecified atom stereocenters. The van der Waals surface area contributed by atoms with Crippen molar-refractivity contribution in [1.29, 1.82) is 0 Å². The lowest BCUT2D eigenvalue weighted by atomic mass is 9.95. The number of tetrazole rings is 1. The molecule has 1 fully saturated rings. The number of ether oxygens (including phenoxy) is 1. The maximum Gasteiger partial charge on any atom is 0.338 e. The molecule has 1 N–H and O–H groups in total. The number of hydrogen-bond acceptors (Lipinski definition) is 7. The number of benzene rings is 2. The predicted molar refractivity (Wildman–Crippen MR) is 126 cm³/mol. The van der Waals surface area contributed by atoms with E-state index in [2.05, 4.69) is 20.8 Å². The van der Waals surface area contributed by atoms with E-state index >= 15 is 0 Å². The molecule has 2 aromatic carbocycles. The van der Waals surface area contributed by atoms with Crippen LogP contribution in [-0.4, -0.2) is 56.0 Å². The number of rotatable bonds is 7. The summed E-state index contributed by atoms with van der Waals surface area (Å²) in [5, 5.41) is 15.7. The number of aryl methyl sites for hydroxylation is 1. The highest BCUT2D eigenvalue weighted by atomic mass is 32.2. The van der Waals surface area contributed by atoms with E-state index in [1.54, 1.807) is 9.58 Å². The number of amides is 2. The number of thioether (sulfide) groups is 1. The summed E-state index contributed by atoms with van der Waals surface area (Å²) < 4.78 is 6.82. The first kappa shape index (κ1) is 22.1. The Morgan fingerprint density at radius 3 is 2.56 bits per heavy atom. The molecule has 1 aromatic heterocycles. The Hall–Kier alpha value is -3.66. The molecular weight excluding hydrogens is 452 g/mol. The van der Waals surface area contributed by atoms with Gasteiger partial charge in [-0.2, -0.15) is 4.68 Å². The number of carbonyl (C=O) groups excluding carboxylic acids is 2. The van der Waals surface area contributed by atoms with Gasteiger partial charge in [0.05, 0.1) is 24.4 Å². The van der Waals surface area contributed by atoms with Crippen molar-refractivity contribution >= 4 is 23.8 Å². The normalized spacial score (nSPS) is 18.1. The SMILES string of the molecule is COC(=O)C1=C(CSc2nnnn2-c2ccc(C)cc2)N(C2CC2)C(=O)NC1c1ccccc1. The summed E-state index contributed by atoms with van der Waals surface area (Å²) in [4.78, 5) is 27.9. The number of methoxy groups -OCH3 is 1. The van der Waals surface area contributed by atoms with E-state index in [4.69, 9.17) is 4.74 Å². The van der Waals surface area contributed by atoms with Crippen molar-refractivity contribution in [3.63, 3.8) is 0 Å². The van der Waals surface area contributed by atoms with Crippen LogP contribution in [0.3, 0.4) is 0 Å². The second kappa shape index (κ2) is 9.30. The van der Waals surface area contributed by atoms with E-state index in [9.17, 15) is 9.59 Å². The molecule has 3 aromatic rings. The summed E-state index contributed by atoms with van der Waals surface area (Å²) in [5.41, 5.74) is 3.86. The van der Waals surface area contributed by atoms with Crippen LogP contribution in [0.15, 0.2) is 71.0 Å². The molecule has 0 radical (unpaired) electrons. The molecule has 1 atom stereocenters. The van der Waals surface area contributed by atoms with E-state index in [0.717, 1.165) is 29.7 Å². The molecule has 10 heteroatoms. The molecule has 1 aliphatic heterocycles. The summed E-state index contributed by atoms with van der Waals surface area (Å²) in [5.74, 6) is -0.127. The van der Waals surface area contributed by atoms with Gasteiger partial charge in [-0.25, -0.2) is 9.59 Å². The fourth-order valence-corrected chi connectivity index (χ4v) is 4.96. The molecule has 1 aliphatic carbocycles. The standard InChI is InChI=1S/C24H24N6O3S/c1-15-8-10-18(11-9-15)30-24(26-27-28-30)34-14-19-20(22(31)33-2)21(16-6-4-3-5-7-16)25-23(32)29(19)17-12-13-17/h3-11,17,21H,12-14H2,1-2H3,(H,25,32). The summed E-state index contributed by atoms with van der Waals surface area (Å²) in [6, 6.07) is 16.6. The summed E-state index contributed by atoms with van der Waals surface area (Å²) >= 11 is 1.38. The fourth-order valence-electron chi connectivity index (χ4n) is 4.04. The van der Waals surface area contributed by atoms with Gasteiger partial charge in [0.2, 0.25) is 5.16 Å². The Morgan fingerprint density at radius 1 is 1.15 bits per heavy atom. The monoisotopic (exact) mass is 476 g/mol. The smallest absolute Gasteiger partial charge is 0.338 e. The van der Waals surface area contributed by atoms with Gasteiger partial charge < -0.3 is 10.1 Å². The quantitative estimate of drug-likeness (QED) is 0.412. The van der Waals surface area contributed by atoms with Gasteiger partial charge in [-0.15, -0.1) is 5.10 Å². The van der Waals surface area contributed by atoms with E-state index in [-0.39, 0.29) is 12.1 Å². The summed E-state index contributed by atoms with van der Waals surface area (Å²) in [6.45, 7) is 2.02. The van der Waals surface area contributed by atoms with Crippen LogP contribution in [0, 0.1) is 6.92 Å². The highest BCUT2D eigenvalue weighted by molar-refractivity contribution is 7.99. The minimum Gasteiger partial charge on any atom is -0.466 e. The lowest BCUT2D eigenvalue weighted by Crippen LogP contribution is -2.50. The molecule has 2 aliphatic rings. The zero-order valence-corrected chi connectivity index (χ0v) is 19.7. The Balaban J connectivity index is 1.53. The maximum absolute atomic E-state index is 13.2. The van der Waals surface area contributed by atoms with E-state index < -0.39 is 12.0 Å². The molecule has 2 heterocycles. The molecule has 174 valence electrons. The molecule has 5 rings (SSSR count). The Bertz CT molecular complexity index is 1240. The molecule has 9 nitrogen and oxygen atoms in total. The average molecular weight is 477 g/mol. The third-order valence-electron chi connectivity index (χ3n) is 5.88. The molecule has 0 spiro atoms. The molecule has 0 saturated heterocycles. The molecular formula is C24H24N6O3S. The highest BCUT2D eigenvalue weighted by Crippen LogP contribution is 2.40. The number of aromatic nitrogens is 4. The van der Waals surface area contributed by atoms with E-state index in [1.807, 2.05) is 61.5 Å². The highest BCUT2D eigenvalue weighted by Gasteiger charge is 2.44. The van der Waals surface area contributed by atoms with Crippen LogP contribution in [0.1, 0.15) is 30.0 Å². The van der Waals surface area contributed by atoms with Crippen molar-refractivity contribution in [3.05, 3.63) is 77.0 Å². The van der Waals surface area contributed by atoms with Crippen molar-refractivity contribution in [2.45, 2.75) is 37.0 Å². The first-order valence-corrected chi connectivity index (χ1v) is 12.0. The minimum atomic E-state index is -0.597. The van der Waals surface area contributed by atoms with Crippen LogP contribution in [0.5, 0.6) is 0 Å². The van der Waals surface area contributed by atoms with Gasteiger partial charge in [0.15, 0.2) is 0 Å². The summed E-state index contributed by atoms with van der Waals surface area (Å²) in [6.07, 6.45) is 1.79. The zero-order valence-electron chi connectivity index (χ0n) is 18.8. The largest absolute Gasteiger partial charge is 0.466 e. The van der Waals surface area contributed by atoms with Crippen molar-refractivity contribution < 1.29 is 14.3 Å². The van der Waals surface area contributed by atoms with E-state index in [1.165, 1.54) is 18.9 Å². The third kappa shape index (κ3) is 4.28. The number of nitrogens with zero attached hydrogens (tertiary/aromatic N) is 5. The number of urea groups is 1. The van der Waals surface area contributed by atoms with Gasteiger partial charge in [-0.05, 0) is 47.9 Å². The third-order valence-corrected chi connectivity index (χ3v) is 6.82. The van der Waals surface area contributed by atoms with Crippen molar-refractivity contribution in [2.75, 3.05) is 12.9 Å². The van der Waals surface area contributed by atoms with Crippen LogP contribution < -0.4 is 5.32 Å². The average Bonchev–Trinajstić information content (AvgIpc) is 3.59. The van der Waals surface area contributed by atoms with Crippen LogP contribution in [0.25, 0.3) is 5.69 Å². The van der Waals surface area contributed by atoms with Crippen molar-refractivity contribution in [1.82, 2.24) is 30.4 Å².